The van der Waals surface area contributed by atoms with Crippen LogP contribution in [-0.2, 0) is 14.3 Å². The van der Waals surface area contributed by atoms with Gasteiger partial charge in [-0.3, -0.25) is 4.79 Å². The Morgan fingerprint density at radius 2 is 1.53 bits per heavy atom. The van der Waals surface area contributed by atoms with E-state index in [-0.39, 0.29) is 27.6 Å². The molecule has 5 saturated carbocycles. The number of allylic oxidation sites excluding steroid dienone is 2. The number of carboxylic acids is 2. The van der Waals surface area contributed by atoms with Crippen LogP contribution >= 0.6 is 0 Å². The number of ether oxygens (including phenoxy) is 1. The molecule has 8 nitrogen and oxygen atoms in total. The Morgan fingerprint density at radius 1 is 0.844 bits per heavy atom. The van der Waals surface area contributed by atoms with Crippen molar-refractivity contribution in [2.45, 2.75) is 143 Å². The first-order valence-corrected chi connectivity index (χ1v) is 17.7. The summed E-state index contributed by atoms with van der Waals surface area (Å²) in [5, 5.41) is 53.2. The Labute approximate surface area is 268 Å². The highest BCUT2D eigenvalue weighted by atomic mass is 16.6. The second-order valence-corrected chi connectivity index (χ2v) is 18.3. The minimum Gasteiger partial charge on any atom is -0.481 e. The van der Waals surface area contributed by atoms with E-state index in [9.17, 15) is 35.1 Å². The van der Waals surface area contributed by atoms with E-state index >= 15 is 0 Å². The summed E-state index contributed by atoms with van der Waals surface area (Å²) < 4.78 is 6.18. The van der Waals surface area contributed by atoms with E-state index in [0.29, 0.717) is 30.1 Å². The van der Waals surface area contributed by atoms with E-state index in [1.165, 1.54) is 5.57 Å². The van der Waals surface area contributed by atoms with Gasteiger partial charge in [0, 0.05) is 5.41 Å². The zero-order valence-corrected chi connectivity index (χ0v) is 28.3. The standard InChI is InChI=1S/C37H56O8/c1-19-10-13-35(30(43)44)16-15-33(6)21(24(35)20(19)2)8-9-23-32(5)14-17-36(31(3,4)22(32)11-12-34(23,33)7)18-37(36)28(40)26(39)25(38)27(45-37)29(41)42/h8,19-20,22-28,38-40H,9-18H2,1-7H3,(H,41,42)(H,43,44)/t19-,20+,22?,23?,24?,25+,26?,27?,28?,32+,33-,34-,35+,36+,37-/m1/s1. The summed E-state index contributed by atoms with van der Waals surface area (Å²) in [7, 11) is 0. The Morgan fingerprint density at radius 3 is 2.18 bits per heavy atom. The molecular weight excluding hydrogens is 572 g/mol. The molecule has 0 aromatic rings. The molecule has 1 saturated heterocycles. The Bertz CT molecular complexity index is 1340. The maximum Gasteiger partial charge on any atom is 0.335 e. The lowest BCUT2D eigenvalue weighted by Crippen LogP contribution is -2.67. The van der Waals surface area contributed by atoms with Gasteiger partial charge in [-0.05, 0) is 115 Å². The number of fused-ring (bicyclic) bond motifs is 8. The lowest BCUT2D eigenvalue weighted by Gasteiger charge is -2.72. The van der Waals surface area contributed by atoms with Crippen molar-refractivity contribution in [1.82, 2.24) is 0 Å². The molecule has 45 heavy (non-hydrogen) atoms. The lowest BCUT2D eigenvalue weighted by atomic mass is 9.32. The summed E-state index contributed by atoms with van der Waals surface area (Å²) in [5.74, 6) is -0.305. The Kier molecular flexibility index (Phi) is 6.67. The molecule has 0 amide bonds. The van der Waals surface area contributed by atoms with Crippen LogP contribution in [0, 0.1) is 62.1 Å². The highest BCUT2D eigenvalue weighted by molar-refractivity contribution is 5.77. The molecule has 15 atom stereocenters. The third-order valence-corrected chi connectivity index (χ3v) is 17.2. The number of carbonyl (C=O) groups is 2. The average molecular weight is 629 g/mol. The second-order valence-electron chi connectivity index (χ2n) is 18.3. The average Bonchev–Trinajstić information content (AvgIpc) is 3.64. The molecule has 0 aromatic carbocycles. The molecule has 0 radical (unpaired) electrons. The van der Waals surface area contributed by atoms with Gasteiger partial charge >= 0.3 is 11.9 Å². The van der Waals surface area contributed by atoms with Crippen molar-refractivity contribution in [2.24, 2.45) is 62.1 Å². The minimum atomic E-state index is -1.68. The molecule has 1 aliphatic heterocycles. The third kappa shape index (κ3) is 3.49. The van der Waals surface area contributed by atoms with Crippen LogP contribution in [0.4, 0.5) is 0 Å². The first kappa shape index (κ1) is 32.1. The zero-order chi connectivity index (χ0) is 32.9. The van der Waals surface area contributed by atoms with Gasteiger partial charge in [-0.1, -0.05) is 60.1 Å². The number of aliphatic hydroxyl groups is 3. The molecule has 0 aromatic heterocycles. The summed E-state index contributed by atoms with van der Waals surface area (Å²) in [6, 6.07) is 0. The number of rotatable bonds is 2. The van der Waals surface area contributed by atoms with Crippen molar-refractivity contribution in [3.05, 3.63) is 11.6 Å². The molecule has 1 heterocycles. The van der Waals surface area contributed by atoms with Gasteiger partial charge in [0.25, 0.3) is 0 Å². The van der Waals surface area contributed by atoms with Crippen molar-refractivity contribution in [2.75, 3.05) is 0 Å². The van der Waals surface area contributed by atoms with E-state index in [4.69, 9.17) is 4.74 Å². The van der Waals surface area contributed by atoms with Crippen LogP contribution in [0.1, 0.15) is 113 Å². The van der Waals surface area contributed by atoms with Crippen molar-refractivity contribution in [1.29, 1.82) is 0 Å². The highest BCUT2D eigenvalue weighted by Gasteiger charge is 2.84. The normalized spacial score (nSPS) is 58.0. The second kappa shape index (κ2) is 9.35. The van der Waals surface area contributed by atoms with Crippen LogP contribution in [0.3, 0.4) is 0 Å². The van der Waals surface area contributed by atoms with Gasteiger partial charge in [-0.15, -0.1) is 0 Å². The van der Waals surface area contributed by atoms with E-state index < -0.39 is 52.8 Å². The fourth-order valence-electron chi connectivity index (χ4n) is 14.1. The third-order valence-electron chi connectivity index (χ3n) is 17.2. The topological polar surface area (TPSA) is 145 Å². The zero-order valence-electron chi connectivity index (χ0n) is 28.3. The van der Waals surface area contributed by atoms with Gasteiger partial charge in [0.15, 0.2) is 6.10 Å². The molecular formula is C37H56O8. The van der Waals surface area contributed by atoms with Crippen LogP contribution in [0.25, 0.3) is 0 Å². The number of hydrogen-bond acceptors (Lipinski definition) is 6. The molecule has 252 valence electrons. The van der Waals surface area contributed by atoms with E-state index in [2.05, 4.69) is 54.5 Å². The maximum absolute atomic E-state index is 13.0. The van der Waals surface area contributed by atoms with Crippen LogP contribution in [0.15, 0.2) is 11.6 Å². The first-order valence-electron chi connectivity index (χ1n) is 17.7. The fraction of sp³-hybridized carbons (Fsp3) is 0.892. The molecule has 5 N–H and O–H groups in total. The van der Waals surface area contributed by atoms with Crippen molar-refractivity contribution in [3.8, 4) is 0 Å². The molecule has 2 spiro atoms. The van der Waals surface area contributed by atoms with Crippen molar-refractivity contribution < 1.29 is 39.9 Å². The van der Waals surface area contributed by atoms with Crippen LogP contribution in [-0.4, -0.2) is 67.5 Å². The summed E-state index contributed by atoms with van der Waals surface area (Å²) in [5.41, 5.74) is -1.29. The van der Waals surface area contributed by atoms with Gasteiger partial charge in [0.1, 0.15) is 23.9 Å². The van der Waals surface area contributed by atoms with Gasteiger partial charge in [0.05, 0.1) is 5.41 Å². The quantitative estimate of drug-likeness (QED) is 0.255. The maximum atomic E-state index is 13.0. The van der Waals surface area contributed by atoms with E-state index in [1.54, 1.807) is 0 Å². The molecule has 6 fully saturated rings. The first-order chi connectivity index (χ1) is 20.8. The van der Waals surface area contributed by atoms with Crippen LogP contribution < -0.4 is 0 Å². The minimum absolute atomic E-state index is 0.00662. The fourth-order valence-corrected chi connectivity index (χ4v) is 14.1. The molecule has 8 heteroatoms. The van der Waals surface area contributed by atoms with Crippen LogP contribution in [0.2, 0.25) is 0 Å². The summed E-state index contributed by atoms with van der Waals surface area (Å²) in [4.78, 5) is 25.1. The number of aliphatic hydroxyl groups excluding tert-OH is 3. The SMILES string of the molecule is C[C@@H]1CC[C@]2(C(=O)O)CC[C@]3(C)C(=CCC4[C@@]5(C)CC[C@]6(C[C@]67OC(C(=O)O)[C@@H](O)C(O)C7O)C(C)(C)C5CC[C@]43C)C2[C@H]1C. The molecule has 6 unspecified atom stereocenters. The van der Waals surface area contributed by atoms with Crippen molar-refractivity contribution >= 4 is 11.9 Å². The number of aliphatic carboxylic acids is 2. The lowest BCUT2D eigenvalue weighted by molar-refractivity contribution is -0.266. The van der Waals surface area contributed by atoms with Gasteiger partial charge in [-0.25, -0.2) is 4.79 Å². The smallest absolute Gasteiger partial charge is 0.335 e. The van der Waals surface area contributed by atoms with E-state index in [1.807, 2.05) is 0 Å². The number of hydrogen-bond donors (Lipinski definition) is 5. The summed E-state index contributed by atoms with van der Waals surface area (Å²) >= 11 is 0. The highest BCUT2D eigenvalue weighted by Crippen LogP contribution is 2.83. The predicted molar refractivity (Wildman–Crippen MR) is 167 cm³/mol. The van der Waals surface area contributed by atoms with Gasteiger partial charge in [-0.2, -0.15) is 0 Å². The predicted octanol–water partition coefficient (Wildman–Crippen LogP) is 5.42. The monoisotopic (exact) mass is 628 g/mol. The van der Waals surface area contributed by atoms with Gasteiger partial charge < -0.3 is 30.3 Å². The molecule has 6 aliphatic carbocycles. The Hall–Kier alpha value is -1.48. The van der Waals surface area contributed by atoms with Crippen LogP contribution in [0.5, 0.6) is 0 Å². The summed E-state index contributed by atoms with van der Waals surface area (Å²) in [6.45, 7) is 16.6. The number of carboxylic acid groups (broad SMARTS) is 2. The molecule has 0 bridgehead atoms. The van der Waals surface area contributed by atoms with E-state index in [0.717, 1.165) is 57.8 Å². The van der Waals surface area contributed by atoms with Crippen molar-refractivity contribution in [3.63, 3.8) is 0 Å². The Balaban J connectivity index is 1.25. The molecule has 7 aliphatic rings. The molecule has 7 rings (SSSR count). The van der Waals surface area contributed by atoms with Gasteiger partial charge in [0.2, 0.25) is 0 Å². The largest absolute Gasteiger partial charge is 0.481 e. The summed E-state index contributed by atoms with van der Waals surface area (Å²) in [6.07, 6.45) is 4.87.